The standard InChI is InChI=1S/C15H20BrNO2/c1-15(2,9-10-18)11-17-14(19)8-7-12-5-3-4-6-13(12)16/h3-8,18H,9-11H2,1-2H3,(H,17,19)/b8-7+. The van der Waals surface area contributed by atoms with E-state index in [9.17, 15) is 4.79 Å². The third-order valence-corrected chi connectivity index (χ3v) is 3.57. The van der Waals surface area contributed by atoms with Crippen molar-refractivity contribution in [2.75, 3.05) is 13.2 Å². The normalized spacial score (nSPS) is 11.8. The fraction of sp³-hybridized carbons (Fsp3) is 0.400. The highest BCUT2D eigenvalue weighted by Crippen LogP contribution is 2.18. The van der Waals surface area contributed by atoms with E-state index in [0.29, 0.717) is 13.0 Å². The number of carbonyl (C=O) groups is 1. The molecule has 0 bridgehead atoms. The maximum absolute atomic E-state index is 11.7. The minimum Gasteiger partial charge on any atom is -0.396 e. The number of hydrogen-bond donors (Lipinski definition) is 2. The van der Waals surface area contributed by atoms with E-state index in [1.807, 2.05) is 38.1 Å². The predicted octanol–water partition coefficient (Wildman–Crippen LogP) is 2.99. The topological polar surface area (TPSA) is 49.3 Å². The Bertz CT molecular complexity index is 455. The fourth-order valence-corrected chi connectivity index (χ4v) is 1.97. The van der Waals surface area contributed by atoms with Crippen LogP contribution >= 0.6 is 15.9 Å². The first-order valence-electron chi connectivity index (χ1n) is 6.26. The summed E-state index contributed by atoms with van der Waals surface area (Å²) >= 11 is 3.43. The second-order valence-electron chi connectivity index (χ2n) is 5.21. The van der Waals surface area contributed by atoms with E-state index in [2.05, 4.69) is 21.2 Å². The molecule has 0 atom stereocenters. The van der Waals surface area contributed by atoms with Gasteiger partial charge in [0, 0.05) is 23.7 Å². The number of carbonyl (C=O) groups excluding carboxylic acids is 1. The van der Waals surface area contributed by atoms with Gasteiger partial charge in [0.2, 0.25) is 5.91 Å². The summed E-state index contributed by atoms with van der Waals surface area (Å²) in [5, 5.41) is 11.8. The van der Waals surface area contributed by atoms with Crippen molar-refractivity contribution in [3.8, 4) is 0 Å². The molecule has 0 saturated heterocycles. The quantitative estimate of drug-likeness (QED) is 0.790. The van der Waals surface area contributed by atoms with Gasteiger partial charge in [-0.1, -0.05) is 48.0 Å². The lowest BCUT2D eigenvalue weighted by molar-refractivity contribution is -0.116. The van der Waals surface area contributed by atoms with Crippen LogP contribution in [0.2, 0.25) is 0 Å². The van der Waals surface area contributed by atoms with Crippen molar-refractivity contribution in [1.29, 1.82) is 0 Å². The van der Waals surface area contributed by atoms with Gasteiger partial charge in [0.1, 0.15) is 0 Å². The van der Waals surface area contributed by atoms with Crippen molar-refractivity contribution in [1.82, 2.24) is 5.32 Å². The van der Waals surface area contributed by atoms with Crippen molar-refractivity contribution < 1.29 is 9.90 Å². The molecule has 2 N–H and O–H groups in total. The lowest BCUT2D eigenvalue weighted by atomic mass is 9.90. The number of rotatable bonds is 6. The van der Waals surface area contributed by atoms with E-state index in [0.717, 1.165) is 10.0 Å². The van der Waals surface area contributed by atoms with Gasteiger partial charge in [-0.15, -0.1) is 0 Å². The van der Waals surface area contributed by atoms with E-state index in [4.69, 9.17) is 5.11 Å². The van der Waals surface area contributed by atoms with Crippen LogP contribution in [-0.4, -0.2) is 24.2 Å². The predicted molar refractivity (Wildman–Crippen MR) is 81.7 cm³/mol. The Hall–Kier alpha value is -1.13. The van der Waals surface area contributed by atoms with Gasteiger partial charge in [0.15, 0.2) is 0 Å². The molecule has 0 aliphatic carbocycles. The van der Waals surface area contributed by atoms with Crippen LogP contribution in [0.5, 0.6) is 0 Å². The minimum absolute atomic E-state index is 0.0917. The summed E-state index contributed by atoms with van der Waals surface area (Å²) in [6, 6.07) is 7.72. The van der Waals surface area contributed by atoms with Crippen LogP contribution in [0.25, 0.3) is 6.08 Å². The van der Waals surface area contributed by atoms with E-state index in [1.54, 1.807) is 6.08 Å². The van der Waals surface area contributed by atoms with Crippen molar-refractivity contribution in [3.05, 3.63) is 40.4 Å². The van der Waals surface area contributed by atoms with Crippen molar-refractivity contribution in [2.45, 2.75) is 20.3 Å². The number of halogens is 1. The summed E-state index contributed by atoms with van der Waals surface area (Å²) < 4.78 is 0.958. The molecule has 0 saturated carbocycles. The van der Waals surface area contributed by atoms with Crippen LogP contribution in [0, 0.1) is 5.41 Å². The largest absolute Gasteiger partial charge is 0.396 e. The van der Waals surface area contributed by atoms with Crippen molar-refractivity contribution in [2.24, 2.45) is 5.41 Å². The van der Waals surface area contributed by atoms with E-state index in [-0.39, 0.29) is 17.9 Å². The van der Waals surface area contributed by atoms with Gasteiger partial charge < -0.3 is 10.4 Å². The fourth-order valence-electron chi connectivity index (χ4n) is 1.55. The van der Waals surface area contributed by atoms with E-state index < -0.39 is 0 Å². The zero-order chi connectivity index (χ0) is 14.3. The third kappa shape index (κ3) is 6.03. The summed E-state index contributed by atoms with van der Waals surface area (Å²) in [5.74, 6) is -0.123. The molecule has 0 aromatic heterocycles. The Kier molecular flexibility index (Phi) is 6.25. The molecule has 1 rings (SSSR count). The molecule has 4 heteroatoms. The molecule has 1 aromatic rings. The molecule has 0 fully saturated rings. The Balaban J connectivity index is 2.50. The highest BCUT2D eigenvalue weighted by atomic mass is 79.9. The summed E-state index contributed by atoms with van der Waals surface area (Å²) in [6.07, 6.45) is 3.97. The van der Waals surface area contributed by atoms with Gasteiger partial charge in [0.25, 0.3) is 0 Å². The van der Waals surface area contributed by atoms with Crippen molar-refractivity contribution >= 4 is 27.9 Å². The van der Waals surface area contributed by atoms with Crippen LogP contribution in [0.4, 0.5) is 0 Å². The Labute approximate surface area is 122 Å². The number of aliphatic hydroxyl groups excluding tert-OH is 1. The minimum atomic E-state index is -0.123. The van der Waals surface area contributed by atoms with Crippen molar-refractivity contribution in [3.63, 3.8) is 0 Å². The molecule has 0 aliphatic heterocycles. The van der Waals surface area contributed by atoms with Gasteiger partial charge in [-0.3, -0.25) is 4.79 Å². The SMILES string of the molecule is CC(C)(CCO)CNC(=O)/C=C/c1ccccc1Br. The highest BCUT2D eigenvalue weighted by molar-refractivity contribution is 9.10. The zero-order valence-electron chi connectivity index (χ0n) is 11.3. The van der Waals surface area contributed by atoms with Gasteiger partial charge in [0.05, 0.1) is 0 Å². The van der Waals surface area contributed by atoms with Gasteiger partial charge in [-0.25, -0.2) is 0 Å². The molecular weight excluding hydrogens is 306 g/mol. The number of aliphatic hydroxyl groups is 1. The van der Waals surface area contributed by atoms with Gasteiger partial charge in [-0.2, -0.15) is 0 Å². The number of hydrogen-bond acceptors (Lipinski definition) is 2. The molecule has 0 heterocycles. The molecule has 0 unspecified atom stereocenters. The van der Waals surface area contributed by atoms with Crippen LogP contribution in [-0.2, 0) is 4.79 Å². The summed E-state index contributed by atoms with van der Waals surface area (Å²) in [4.78, 5) is 11.7. The van der Waals surface area contributed by atoms with Crippen LogP contribution in [0.1, 0.15) is 25.8 Å². The zero-order valence-corrected chi connectivity index (χ0v) is 12.9. The Morgan fingerprint density at radius 1 is 1.42 bits per heavy atom. The lowest BCUT2D eigenvalue weighted by Gasteiger charge is -2.23. The van der Waals surface area contributed by atoms with E-state index in [1.165, 1.54) is 6.08 Å². The average Bonchev–Trinajstić information content (AvgIpc) is 2.35. The van der Waals surface area contributed by atoms with Gasteiger partial charge in [-0.05, 0) is 29.5 Å². The number of benzene rings is 1. The molecule has 1 aromatic carbocycles. The Morgan fingerprint density at radius 2 is 2.11 bits per heavy atom. The monoisotopic (exact) mass is 325 g/mol. The van der Waals surface area contributed by atoms with E-state index >= 15 is 0 Å². The maximum Gasteiger partial charge on any atom is 0.244 e. The molecule has 3 nitrogen and oxygen atoms in total. The lowest BCUT2D eigenvalue weighted by Crippen LogP contribution is -2.33. The summed E-state index contributed by atoms with van der Waals surface area (Å²) in [5.41, 5.74) is 0.873. The molecule has 104 valence electrons. The maximum atomic E-state index is 11.7. The molecule has 0 spiro atoms. The second-order valence-corrected chi connectivity index (χ2v) is 6.06. The average molecular weight is 326 g/mol. The Morgan fingerprint density at radius 3 is 2.74 bits per heavy atom. The summed E-state index contributed by atoms with van der Waals surface area (Å²) in [7, 11) is 0. The first-order chi connectivity index (χ1) is 8.94. The molecular formula is C15H20BrNO2. The first kappa shape index (κ1) is 15.9. The first-order valence-corrected chi connectivity index (χ1v) is 7.05. The van der Waals surface area contributed by atoms with Crippen LogP contribution in [0.15, 0.2) is 34.8 Å². The molecule has 1 amide bonds. The van der Waals surface area contributed by atoms with Crippen LogP contribution in [0.3, 0.4) is 0 Å². The molecule has 19 heavy (non-hydrogen) atoms. The van der Waals surface area contributed by atoms with Gasteiger partial charge >= 0.3 is 0 Å². The second kappa shape index (κ2) is 7.46. The summed E-state index contributed by atoms with van der Waals surface area (Å²) in [6.45, 7) is 4.71. The van der Waals surface area contributed by atoms with Crippen LogP contribution < -0.4 is 5.32 Å². The number of nitrogens with one attached hydrogen (secondary N) is 1. The number of amides is 1. The smallest absolute Gasteiger partial charge is 0.244 e. The molecule has 0 radical (unpaired) electrons. The molecule has 0 aliphatic rings. The third-order valence-electron chi connectivity index (χ3n) is 2.85. The highest BCUT2D eigenvalue weighted by Gasteiger charge is 2.17.